The third kappa shape index (κ3) is 4.64. The van der Waals surface area contributed by atoms with Crippen LogP contribution in [0.15, 0.2) is 36.4 Å². The highest BCUT2D eigenvalue weighted by Gasteiger charge is 2.21. The molecular weight excluding hydrogens is 360 g/mol. The zero-order valence-corrected chi connectivity index (χ0v) is 15.4. The Bertz CT molecular complexity index is 825. The molecule has 2 aromatic carbocycles. The average molecular weight is 379 g/mol. The summed E-state index contributed by atoms with van der Waals surface area (Å²) in [5.41, 5.74) is 0.893. The van der Waals surface area contributed by atoms with Gasteiger partial charge in [0.05, 0.1) is 17.7 Å². The fourth-order valence-corrected chi connectivity index (χ4v) is 2.41. The van der Waals surface area contributed by atoms with Crippen molar-refractivity contribution in [1.82, 2.24) is 0 Å². The molecule has 0 spiro atoms. The van der Waals surface area contributed by atoms with Gasteiger partial charge in [-0.3, -0.25) is 14.9 Å². The Hall–Kier alpha value is -2.80. The van der Waals surface area contributed by atoms with Crippen LogP contribution in [0.25, 0.3) is 0 Å². The fraction of sp³-hybridized carbons (Fsp3) is 0.278. The van der Waals surface area contributed by atoms with Crippen LogP contribution in [0.5, 0.6) is 11.5 Å². The third-order valence-electron chi connectivity index (χ3n) is 3.72. The molecule has 0 saturated carbocycles. The third-order valence-corrected chi connectivity index (χ3v) is 4.15. The number of nitrogens with zero attached hydrogens (tertiary/aromatic N) is 1. The fourth-order valence-electron chi connectivity index (χ4n) is 2.30. The molecule has 0 saturated heterocycles. The Kier molecular flexibility index (Phi) is 6.41. The van der Waals surface area contributed by atoms with E-state index < -0.39 is 16.9 Å². The molecule has 8 heteroatoms. The minimum absolute atomic E-state index is 0.150. The van der Waals surface area contributed by atoms with Crippen LogP contribution in [-0.2, 0) is 4.79 Å². The number of amides is 1. The molecule has 2 aromatic rings. The number of nitro groups is 1. The van der Waals surface area contributed by atoms with Crippen molar-refractivity contribution >= 4 is 28.9 Å². The summed E-state index contributed by atoms with van der Waals surface area (Å²) in [5, 5.41) is 14.2. The van der Waals surface area contributed by atoms with E-state index in [1.165, 1.54) is 25.3 Å². The zero-order valence-electron chi connectivity index (χ0n) is 14.6. The lowest BCUT2D eigenvalue weighted by Gasteiger charge is -2.18. The molecule has 1 N–H and O–H groups in total. The Labute approximate surface area is 156 Å². The molecule has 1 unspecified atom stereocenters. The Morgan fingerprint density at radius 1 is 1.31 bits per heavy atom. The van der Waals surface area contributed by atoms with Gasteiger partial charge in [-0.2, -0.15) is 0 Å². The van der Waals surface area contributed by atoms with Gasteiger partial charge in [-0.15, -0.1) is 0 Å². The molecule has 0 bridgehead atoms. The predicted molar refractivity (Wildman–Crippen MR) is 99.2 cm³/mol. The number of anilines is 1. The van der Waals surface area contributed by atoms with E-state index in [9.17, 15) is 14.9 Å². The number of nitrogens with one attached hydrogen (secondary N) is 1. The van der Waals surface area contributed by atoms with Gasteiger partial charge in [-0.05, 0) is 43.2 Å². The Balaban J connectivity index is 2.19. The summed E-state index contributed by atoms with van der Waals surface area (Å²) >= 11 is 5.99. The van der Waals surface area contributed by atoms with Crippen molar-refractivity contribution < 1.29 is 19.2 Å². The summed E-state index contributed by atoms with van der Waals surface area (Å²) < 4.78 is 10.9. The van der Waals surface area contributed by atoms with Crippen LogP contribution < -0.4 is 14.8 Å². The molecule has 1 amide bonds. The highest BCUT2D eigenvalue weighted by atomic mass is 35.5. The number of methoxy groups -OCH3 is 1. The largest absolute Gasteiger partial charge is 0.495 e. The van der Waals surface area contributed by atoms with Gasteiger partial charge in [0.1, 0.15) is 11.5 Å². The van der Waals surface area contributed by atoms with Gasteiger partial charge in [0.15, 0.2) is 6.10 Å². The summed E-state index contributed by atoms with van der Waals surface area (Å²) in [4.78, 5) is 23.0. The minimum Gasteiger partial charge on any atom is -0.495 e. The number of benzene rings is 2. The predicted octanol–water partition coefficient (Wildman–Crippen LogP) is 4.36. The second-order valence-electron chi connectivity index (χ2n) is 5.56. The monoisotopic (exact) mass is 378 g/mol. The van der Waals surface area contributed by atoms with Crippen molar-refractivity contribution in [3.05, 3.63) is 57.1 Å². The van der Waals surface area contributed by atoms with Crippen molar-refractivity contribution in [3.8, 4) is 11.5 Å². The number of hydrogen-bond donors (Lipinski definition) is 1. The van der Waals surface area contributed by atoms with Crippen LogP contribution in [0.4, 0.5) is 11.4 Å². The lowest BCUT2D eigenvalue weighted by atomic mass is 10.2. The number of carbonyl (C=O) groups excluding carboxylic acids is 1. The lowest BCUT2D eigenvalue weighted by molar-refractivity contribution is -0.384. The summed E-state index contributed by atoms with van der Waals surface area (Å²) in [6.07, 6.45) is -0.371. The minimum atomic E-state index is -0.778. The normalized spacial score (nSPS) is 11.5. The van der Waals surface area contributed by atoms with Gasteiger partial charge in [-0.25, -0.2) is 0 Å². The van der Waals surface area contributed by atoms with E-state index in [1.54, 1.807) is 25.1 Å². The van der Waals surface area contributed by atoms with Crippen molar-refractivity contribution in [2.75, 3.05) is 12.4 Å². The maximum Gasteiger partial charge on any atom is 0.271 e. The summed E-state index contributed by atoms with van der Waals surface area (Å²) in [6, 6.07) is 9.10. The quantitative estimate of drug-likeness (QED) is 0.571. The molecule has 0 heterocycles. The first-order chi connectivity index (χ1) is 12.3. The number of hydrogen-bond acceptors (Lipinski definition) is 5. The van der Waals surface area contributed by atoms with E-state index in [1.807, 2.05) is 6.92 Å². The van der Waals surface area contributed by atoms with Gasteiger partial charge in [0.25, 0.3) is 11.6 Å². The standard InChI is InChI=1S/C18H19ClN2O5/c1-4-16(26-13-6-7-14(19)11(2)9-13)18(22)20-15-10-12(21(23)24)5-8-17(15)25-3/h5-10,16H,4H2,1-3H3,(H,20,22). The van der Waals surface area contributed by atoms with Crippen LogP contribution in [0.1, 0.15) is 18.9 Å². The van der Waals surface area contributed by atoms with Crippen molar-refractivity contribution in [1.29, 1.82) is 0 Å². The first-order valence-electron chi connectivity index (χ1n) is 7.91. The second kappa shape index (κ2) is 8.53. The molecular formula is C18H19ClN2O5. The molecule has 1 atom stereocenters. The van der Waals surface area contributed by atoms with Crippen LogP contribution >= 0.6 is 11.6 Å². The first-order valence-corrected chi connectivity index (χ1v) is 8.29. The number of halogens is 1. The van der Waals surface area contributed by atoms with E-state index in [0.29, 0.717) is 22.9 Å². The number of ether oxygens (including phenoxy) is 2. The van der Waals surface area contributed by atoms with Gasteiger partial charge in [0.2, 0.25) is 0 Å². The molecule has 138 valence electrons. The maximum absolute atomic E-state index is 12.6. The number of nitro benzene ring substituents is 1. The van der Waals surface area contributed by atoms with Crippen molar-refractivity contribution in [3.63, 3.8) is 0 Å². The number of carbonyl (C=O) groups is 1. The zero-order chi connectivity index (χ0) is 19.3. The van der Waals surface area contributed by atoms with Gasteiger partial charge >= 0.3 is 0 Å². The SMILES string of the molecule is CCC(Oc1ccc(Cl)c(C)c1)C(=O)Nc1cc([N+](=O)[O-])ccc1OC. The van der Waals surface area contributed by atoms with E-state index in [4.69, 9.17) is 21.1 Å². The number of aryl methyl sites for hydroxylation is 1. The Morgan fingerprint density at radius 3 is 2.62 bits per heavy atom. The van der Waals surface area contributed by atoms with Gasteiger partial charge < -0.3 is 14.8 Å². The molecule has 0 aromatic heterocycles. The van der Waals surface area contributed by atoms with Crippen LogP contribution in [0.3, 0.4) is 0 Å². The molecule has 0 aliphatic heterocycles. The van der Waals surface area contributed by atoms with Crippen molar-refractivity contribution in [2.45, 2.75) is 26.4 Å². The topological polar surface area (TPSA) is 90.7 Å². The molecule has 7 nitrogen and oxygen atoms in total. The van der Waals surface area contributed by atoms with Crippen LogP contribution in [0, 0.1) is 17.0 Å². The molecule has 0 aliphatic rings. The average Bonchev–Trinajstić information content (AvgIpc) is 2.62. The van der Waals surface area contributed by atoms with Crippen LogP contribution in [-0.4, -0.2) is 24.0 Å². The first kappa shape index (κ1) is 19.5. The molecule has 2 rings (SSSR count). The highest BCUT2D eigenvalue weighted by Crippen LogP contribution is 2.29. The van der Waals surface area contributed by atoms with Crippen LogP contribution in [0.2, 0.25) is 5.02 Å². The smallest absolute Gasteiger partial charge is 0.271 e. The van der Waals surface area contributed by atoms with Crippen molar-refractivity contribution in [2.24, 2.45) is 0 Å². The summed E-state index contributed by atoms with van der Waals surface area (Å²) in [6.45, 7) is 3.64. The molecule has 0 aliphatic carbocycles. The summed E-state index contributed by atoms with van der Waals surface area (Å²) in [7, 11) is 1.42. The van der Waals surface area contributed by atoms with Gasteiger partial charge in [-0.1, -0.05) is 18.5 Å². The van der Waals surface area contributed by atoms with E-state index in [0.717, 1.165) is 5.56 Å². The lowest BCUT2D eigenvalue weighted by Crippen LogP contribution is -2.32. The molecule has 26 heavy (non-hydrogen) atoms. The van der Waals surface area contributed by atoms with E-state index in [-0.39, 0.29) is 11.4 Å². The number of rotatable bonds is 7. The maximum atomic E-state index is 12.6. The van der Waals surface area contributed by atoms with Gasteiger partial charge in [0, 0.05) is 17.2 Å². The molecule has 0 radical (unpaired) electrons. The van der Waals surface area contributed by atoms with E-state index in [2.05, 4.69) is 5.32 Å². The second-order valence-corrected chi connectivity index (χ2v) is 5.96. The number of non-ortho nitro benzene ring substituents is 1. The Morgan fingerprint density at radius 2 is 2.04 bits per heavy atom. The summed E-state index contributed by atoms with van der Waals surface area (Å²) in [5.74, 6) is 0.403. The molecule has 0 fully saturated rings. The van der Waals surface area contributed by atoms with E-state index >= 15 is 0 Å². The highest BCUT2D eigenvalue weighted by molar-refractivity contribution is 6.31.